The summed E-state index contributed by atoms with van der Waals surface area (Å²) in [6.07, 6.45) is 3.21. The highest BCUT2D eigenvalue weighted by Crippen LogP contribution is 2.24. The number of hydrogen-bond acceptors (Lipinski definition) is 5. The Balaban J connectivity index is 1.92. The van der Waals surface area contributed by atoms with E-state index >= 15 is 0 Å². The molecule has 0 bridgehead atoms. The Bertz CT molecular complexity index is 728. The summed E-state index contributed by atoms with van der Waals surface area (Å²) < 4.78 is 26.5. The first-order valence-corrected chi connectivity index (χ1v) is 7.66. The number of nitrogens with zero attached hydrogens (tertiary/aromatic N) is 3. The van der Waals surface area contributed by atoms with Gasteiger partial charge in [0, 0.05) is 13.1 Å². The lowest BCUT2D eigenvalue weighted by Crippen LogP contribution is -2.36. The third kappa shape index (κ3) is 2.25. The van der Waals surface area contributed by atoms with Crippen molar-refractivity contribution in [2.45, 2.75) is 17.9 Å². The second-order valence-corrected chi connectivity index (χ2v) is 6.57. The van der Waals surface area contributed by atoms with Crippen molar-refractivity contribution in [1.29, 1.82) is 0 Å². The Hall–Kier alpha value is -1.99. The van der Waals surface area contributed by atoms with Crippen molar-refractivity contribution < 1.29 is 8.42 Å². The molecule has 0 radical (unpaired) electrons. The molecule has 1 aromatic carbocycles. The minimum Gasteiger partial charge on any atom is -0.368 e. The van der Waals surface area contributed by atoms with E-state index in [1.807, 2.05) is 24.3 Å². The molecule has 0 amide bonds. The van der Waals surface area contributed by atoms with Gasteiger partial charge in [-0.15, -0.1) is 0 Å². The Morgan fingerprint density at radius 2 is 1.75 bits per heavy atom. The molecule has 0 unspecified atom stereocenters. The van der Waals surface area contributed by atoms with E-state index in [0.29, 0.717) is 19.5 Å². The van der Waals surface area contributed by atoms with Gasteiger partial charge in [-0.2, -0.15) is 4.31 Å². The van der Waals surface area contributed by atoms with Gasteiger partial charge < -0.3 is 5.73 Å². The van der Waals surface area contributed by atoms with Gasteiger partial charge >= 0.3 is 0 Å². The van der Waals surface area contributed by atoms with Crippen LogP contribution in [0, 0.1) is 0 Å². The molecule has 2 heterocycles. The Morgan fingerprint density at radius 3 is 2.45 bits per heavy atom. The molecule has 0 fully saturated rings. The normalized spacial score (nSPS) is 15.8. The Morgan fingerprint density at radius 1 is 1.10 bits per heavy atom. The second kappa shape index (κ2) is 4.84. The molecular weight excluding hydrogens is 276 g/mol. The monoisotopic (exact) mass is 290 g/mol. The zero-order valence-corrected chi connectivity index (χ0v) is 11.5. The summed E-state index contributed by atoms with van der Waals surface area (Å²) in [5, 5.41) is 0. The maximum Gasteiger partial charge on any atom is 0.246 e. The number of aromatic nitrogens is 2. The molecule has 0 saturated heterocycles. The number of hydrogen-bond donors (Lipinski definition) is 1. The first-order valence-electron chi connectivity index (χ1n) is 6.22. The lowest BCUT2D eigenvalue weighted by Gasteiger charge is -2.27. The van der Waals surface area contributed by atoms with Crippen molar-refractivity contribution in [2.24, 2.45) is 0 Å². The predicted molar refractivity (Wildman–Crippen MR) is 74.2 cm³/mol. The van der Waals surface area contributed by atoms with Crippen LogP contribution in [0.5, 0.6) is 0 Å². The van der Waals surface area contributed by atoms with Crippen molar-refractivity contribution in [3.63, 3.8) is 0 Å². The first-order chi connectivity index (χ1) is 9.57. The van der Waals surface area contributed by atoms with E-state index in [9.17, 15) is 8.42 Å². The summed E-state index contributed by atoms with van der Waals surface area (Å²) in [6, 6.07) is 7.88. The van der Waals surface area contributed by atoms with E-state index in [1.165, 1.54) is 22.3 Å². The zero-order chi connectivity index (χ0) is 14.2. The molecule has 3 rings (SSSR count). The SMILES string of the molecule is Nc1ncc(S(=O)(=O)N2CCc3ccccc3C2)cn1. The number of nitrogens with two attached hydrogens (primary N) is 1. The maximum absolute atomic E-state index is 12.5. The fourth-order valence-electron chi connectivity index (χ4n) is 2.28. The average molecular weight is 290 g/mol. The number of benzene rings is 1. The van der Waals surface area contributed by atoms with Gasteiger partial charge in [-0.3, -0.25) is 0 Å². The fourth-order valence-corrected chi connectivity index (χ4v) is 3.59. The van der Waals surface area contributed by atoms with Crippen LogP contribution in [0.4, 0.5) is 5.95 Å². The average Bonchev–Trinajstić information content (AvgIpc) is 2.47. The lowest BCUT2D eigenvalue weighted by atomic mass is 10.0. The van der Waals surface area contributed by atoms with Crippen LogP contribution in [0.3, 0.4) is 0 Å². The Kier molecular flexibility index (Phi) is 3.15. The zero-order valence-electron chi connectivity index (χ0n) is 10.7. The van der Waals surface area contributed by atoms with Crippen LogP contribution in [0.1, 0.15) is 11.1 Å². The summed E-state index contributed by atoms with van der Waals surface area (Å²) in [6.45, 7) is 0.840. The quantitative estimate of drug-likeness (QED) is 0.884. The second-order valence-electron chi connectivity index (χ2n) is 4.63. The highest BCUT2D eigenvalue weighted by atomic mass is 32.2. The summed E-state index contributed by atoms with van der Waals surface area (Å²) >= 11 is 0. The molecule has 1 aliphatic heterocycles. The standard InChI is InChI=1S/C13H14N4O2S/c14-13-15-7-12(8-16-13)20(18,19)17-6-5-10-3-1-2-4-11(10)9-17/h1-4,7-8H,5-6,9H2,(H2,14,15,16). The molecule has 1 aliphatic rings. The molecule has 7 heteroatoms. The van der Waals surface area contributed by atoms with Gasteiger partial charge in [0.2, 0.25) is 16.0 Å². The third-order valence-corrected chi connectivity index (χ3v) is 5.18. The fraction of sp³-hybridized carbons (Fsp3) is 0.231. The van der Waals surface area contributed by atoms with Crippen molar-refractivity contribution >= 4 is 16.0 Å². The van der Waals surface area contributed by atoms with Crippen LogP contribution in [-0.4, -0.2) is 29.2 Å². The summed E-state index contributed by atoms with van der Waals surface area (Å²) in [7, 11) is -3.57. The van der Waals surface area contributed by atoms with Gasteiger partial charge in [-0.1, -0.05) is 24.3 Å². The van der Waals surface area contributed by atoms with E-state index < -0.39 is 10.0 Å². The largest absolute Gasteiger partial charge is 0.368 e. The van der Waals surface area contributed by atoms with Crippen molar-refractivity contribution in [3.05, 3.63) is 47.8 Å². The number of nitrogen functional groups attached to an aromatic ring is 1. The van der Waals surface area contributed by atoms with E-state index in [0.717, 1.165) is 5.56 Å². The van der Waals surface area contributed by atoms with Crippen molar-refractivity contribution in [2.75, 3.05) is 12.3 Å². The molecule has 0 saturated carbocycles. The number of anilines is 1. The molecular formula is C13H14N4O2S. The molecule has 2 N–H and O–H groups in total. The minimum atomic E-state index is -3.57. The molecule has 0 spiro atoms. The van der Waals surface area contributed by atoms with E-state index in [2.05, 4.69) is 9.97 Å². The van der Waals surface area contributed by atoms with Crippen molar-refractivity contribution in [1.82, 2.24) is 14.3 Å². The van der Waals surface area contributed by atoms with Gasteiger partial charge in [0.1, 0.15) is 4.90 Å². The summed E-state index contributed by atoms with van der Waals surface area (Å²) in [5.74, 6) is 0.0629. The summed E-state index contributed by atoms with van der Waals surface area (Å²) in [4.78, 5) is 7.57. The molecule has 2 aromatic rings. The molecule has 0 aliphatic carbocycles. The topological polar surface area (TPSA) is 89.2 Å². The number of fused-ring (bicyclic) bond motifs is 1. The van der Waals surface area contributed by atoms with E-state index in [4.69, 9.17) is 5.73 Å². The maximum atomic E-state index is 12.5. The molecule has 104 valence electrons. The van der Waals surface area contributed by atoms with Crippen LogP contribution >= 0.6 is 0 Å². The van der Waals surface area contributed by atoms with Gasteiger partial charge in [0.05, 0.1) is 12.4 Å². The van der Waals surface area contributed by atoms with Crippen molar-refractivity contribution in [3.8, 4) is 0 Å². The minimum absolute atomic E-state index is 0.0629. The van der Waals surface area contributed by atoms with Crippen LogP contribution in [0.25, 0.3) is 0 Å². The van der Waals surface area contributed by atoms with Gasteiger partial charge in [0.25, 0.3) is 0 Å². The molecule has 0 atom stereocenters. The predicted octanol–water partition coefficient (Wildman–Crippen LogP) is 0.806. The molecule has 6 nitrogen and oxygen atoms in total. The smallest absolute Gasteiger partial charge is 0.246 e. The van der Waals surface area contributed by atoms with Gasteiger partial charge in [0.15, 0.2) is 0 Å². The van der Waals surface area contributed by atoms with Crippen LogP contribution in [-0.2, 0) is 23.0 Å². The van der Waals surface area contributed by atoms with Crippen LogP contribution in [0.15, 0.2) is 41.6 Å². The number of sulfonamides is 1. The highest BCUT2D eigenvalue weighted by molar-refractivity contribution is 7.89. The van der Waals surface area contributed by atoms with Gasteiger partial charge in [-0.05, 0) is 17.5 Å². The summed E-state index contributed by atoms with van der Waals surface area (Å²) in [5.41, 5.74) is 7.62. The van der Waals surface area contributed by atoms with E-state index in [-0.39, 0.29) is 10.8 Å². The first kappa shape index (κ1) is 13.0. The molecule has 20 heavy (non-hydrogen) atoms. The van der Waals surface area contributed by atoms with Gasteiger partial charge in [-0.25, -0.2) is 18.4 Å². The van der Waals surface area contributed by atoms with Crippen LogP contribution < -0.4 is 5.73 Å². The van der Waals surface area contributed by atoms with Crippen LogP contribution in [0.2, 0.25) is 0 Å². The highest BCUT2D eigenvalue weighted by Gasteiger charge is 2.28. The van der Waals surface area contributed by atoms with E-state index in [1.54, 1.807) is 0 Å². The lowest BCUT2D eigenvalue weighted by molar-refractivity contribution is 0.391. The third-order valence-electron chi connectivity index (χ3n) is 3.38. The Labute approximate surface area is 117 Å². The number of rotatable bonds is 2. The molecule has 1 aromatic heterocycles.